The Morgan fingerprint density at radius 3 is 2.91 bits per heavy atom. The van der Waals surface area contributed by atoms with Crippen LogP contribution in [-0.4, -0.2) is 52.7 Å². The lowest BCUT2D eigenvalue weighted by molar-refractivity contribution is -0.146. The topological polar surface area (TPSA) is 49.8 Å². The van der Waals surface area contributed by atoms with Crippen molar-refractivity contribution < 1.29 is 14.6 Å². The van der Waals surface area contributed by atoms with E-state index in [9.17, 15) is 9.90 Å². The minimum atomic E-state index is -0.513. The van der Waals surface area contributed by atoms with Gasteiger partial charge in [0.1, 0.15) is 0 Å². The molecule has 23 heavy (non-hydrogen) atoms. The number of amides is 1. The molecule has 5 heteroatoms. The molecule has 126 valence electrons. The molecule has 0 bridgehead atoms. The van der Waals surface area contributed by atoms with Crippen molar-refractivity contribution in [2.24, 2.45) is 0 Å². The summed E-state index contributed by atoms with van der Waals surface area (Å²) in [5, 5.41) is 10.2. The summed E-state index contributed by atoms with van der Waals surface area (Å²) < 4.78 is 5.82. The third-order valence-electron chi connectivity index (χ3n) is 4.74. The zero-order valence-corrected chi connectivity index (χ0v) is 14.2. The SMILES string of the molecule is O=C(CSCC(O)c1ccccc1)N1CCOC2CCCCC21. The van der Waals surface area contributed by atoms with Gasteiger partial charge in [0.2, 0.25) is 5.91 Å². The number of nitrogens with zero attached hydrogens (tertiary/aromatic N) is 1. The molecule has 3 rings (SSSR count). The van der Waals surface area contributed by atoms with Gasteiger partial charge in [-0.2, -0.15) is 0 Å². The number of morpholine rings is 1. The first-order valence-electron chi connectivity index (χ1n) is 8.47. The number of aliphatic hydroxyl groups excluding tert-OH is 1. The van der Waals surface area contributed by atoms with E-state index in [1.165, 1.54) is 24.6 Å². The lowest BCUT2D eigenvalue weighted by atomic mass is 9.90. The predicted octanol–water partition coefficient (Wildman–Crippen LogP) is 2.62. The van der Waals surface area contributed by atoms with Crippen LogP contribution in [0.15, 0.2) is 30.3 Å². The van der Waals surface area contributed by atoms with Crippen LogP contribution in [0.5, 0.6) is 0 Å². The number of carbonyl (C=O) groups is 1. The van der Waals surface area contributed by atoms with Gasteiger partial charge in [-0.1, -0.05) is 43.2 Å². The first-order chi connectivity index (χ1) is 11.3. The lowest BCUT2D eigenvalue weighted by Gasteiger charge is -2.43. The lowest BCUT2D eigenvalue weighted by Crippen LogP contribution is -2.55. The molecule has 1 N–H and O–H groups in total. The summed E-state index contributed by atoms with van der Waals surface area (Å²) in [4.78, 5) is 14.6. The van der Waals surface area contributed by atoms with E-state index in [2.05, 4.69) is 0 Å². The summed E-state index contributed by atoms with van der Waals surface area (Å²) >= 11 is 1.52. The molecule has 2 fully saturated rings. The minimum Gasteiger partial charge on any atom is -0.388 e. The molecule has 4 nitrogen and oxygen atoms in total. The van der Waals surface area contributed by atoms with Gasteiger partial charge in [-0.15, -0.1) is 11.8 Å². The number of aliphatic hydroxyl groups is 1. The number of hydrogen-bond donors (Lipinski definition) is 1. The molecule has 1 aliphatic carbocycles. The summed E-state index contributed by atoms with van der Waals surface area (Å²) in [5.41, 5.74) is 0.908. The Balaban J connectivity index is 1.47. The maximum atomic E-state index is 12.5. The van der Waals surface area contributed by atoms with Crippen LogP contribution < -0.4 is 0 Å². The van der Waals surface area contributed by atoms with E-state index in [0.717, 1.165) is 18.4 Å². The van der Waals surface area contributed by atoms with Gasteiger partial charge in [0.05, 0.1) is 30.6 Å². The van der Waals surface area contributed by atoms with Crippen LogP contribution in [0.2, 0.25) is 0 Å². The molecule has 0 aromatic heterocycles. The van der Waals surface area contributed by atoms with Gasteiger partial charge in [0.25, 0.3) is 0 Å². The van der Waals surface area contributed by atoms with Gasteiger partial charge >= 0.3 is 0 Å². The maximum Gasteiger partial charge on any atom is 0.232 e. The molecular formula is C18H25NO3S. The van der Waals surface area contributed by atoms with Gasteiger partial charge in [-0.05, 0) is 18.4 Å². The Morgan fingerprint density at radius 1 is 1.30 bits per heavy atom. The quantitative estimate of drug-likeness (QED) is 0.899. The Bertz CT molecular complexity index is 508. The highest BCUT2D eigenvalue weighted by Crippen LogP contribution is 2.29. The standard InChI is InChI=1S/C18H25NO3S/c20-16(14-6-2-1-3-7-14)12-23-13-18(21)19-10-11-22-17-9-5-4-8-15(17)19/h1-3,6-7,15-17,20H,4-5,8-13H2. The van der Waals surface area contributed by atoms with E-state index in [1.807, 2.05) is 35.2 Å². The third kappa shape index (κ3) is 4.28. The molecule has 1 saturated carbocycles. The van der Waals surface area contributed by atoms with Gasteiger partial charge in [0, 0.05) is 12.3 Å². The van der Waals surface area contributed by atoms with Crippen LogP contribution in [0.1, 0.15) is 37.4 Å². The number of thioether (sulfide) groups is 1. The second-order valence-electron chi connectivity index (χ2n) is 6.29. The normalized spacial score (nSPS) is 25.7. The number of benzene rings is 1. The van der Waals surface area contributed by atoms with E-state index in [0.29, 0.717) is 24.7 Å². The molecule has 0 spiro atoms. The minimum absolute atomic E-state index is 0.190. The summed E-state index contributed by atoms with van der Waals surface area (Å²) in [6.07, 6.45) is 4.26. The molecule has 1 aromatic carbocycles. The van der Waals surface area contributed by atoms with Gasteiger partial charge < -0.3 is 14.7 Å². The van der Waals surface area contributed by atoms with Crippen LogP contribution >= 0.6 is 11.8 Å². The molecule has 1 aromatic rings. The van der Waals surface area contributed by atoms with Gasteiger partial charge in [-0.25, -0.2) is 0 Å². The zero-order valence-electron chi connectivity index (χ0n) is 13.4. The van der Waals surface area contributed by atoms with Crippen LogP contribution in [0.4, 0.5) is 0 Å². The Labute approximate surface area is 142 Å². The van der Waals surface area contributed by atoms with Crippen molar-refractivity contribution in [3.05, 3.63) is 35.9 Å². The number of fused-ring (bicyclic) bond motifs is 1. The largest absolute Gasteiger partial charge is 0.388 e. The highest BCUT2D eigenvalue weighted by Gasteiger charge is 2.36. The Morgan fingerprint density at radius 2 is 2.09 bits per heavy atom. The van der Waals surface area contributed by atoms with Gasteiger partial charge in [0.15, 0.2) is 0 Å². The van der Waals surface area contributed by atoms with Crippen molar-refractivity contribution in [1.82, 2.24) is 4.90 Å². The molecule has 0 radical (unpaired) electrons. The summed E-state index contributed by atoms with van der Waals surface area (Å²) in [7, 11) is 0. The third-order valence-corrected chi connectivity index (χ3v) is 5.74. The van der Waals surface area contributed by atoms with Crippen LogP contribution in [0.25, 0.3) is 0 Å². The smallest absolute Gasteiger partial charge is 0.232 e. The van der Waals surface area contributed by atoms with E-state index in [1.54, 1.807) is 0 Å². The molecule has 1 heterocycles. The summed E-state index contributed by atoms with van der Waals surface area (Å²) in [6.45, 7) is 1.37. The second-order valence-corrected chi connectivity index (χ2v) is 7.32. The van der Waals surface area contributed by atoms with Crippen molar-refractivity contribution in [2.75, 3.05) is 24.7 Å². The molecular weight excluding hydrogens is 310 g/mol. The number of ether oxygens (including phenoxy) is 1. The van der Waals surface area contributed by atoms with Crippen molar-refractivity contribution >= 4 is 17.7 Å². The van der Waals surface area contributed by atoms with Crippen molar-refractivity contribution in [1.29, 1.82) is 0 Å². The van der Waals surface area contributed by atoms with Crippen molar-refractivity contribution in [2.45, 2.75) is 43.9 Å². The Kier molecular flexibility index (Phi) is 5.97. The van der Waals surface area contributed by atoms with E-state index in [-0.39, 0.29) is 18.1 Å². The van der Waals surface area contributed by atoms with E-state index in [4.69, 9.17) is 4.74 Å². The Hall–Kier alpha value is -1.04. The van der Waals surface area contributed by atoms with Crippen molar-refractivity contribution in [3.63, 3.8) is 0 Å². The van der Waals surface area contributed by atoms with Crippen LogP contribution in [-0.2, 0) is 9.53 Å². The highest BCUT2D eigenvalue weighted by molar-refractivity contribution is 7.99. The molecule has 1 aliphatic heterocycles. The molecule has 1 amide bonds. The molecule has 3 atom stereocenters. The fraction of sp³-hybridized carbons (Fsp3) is 0.611. The molecule has 2 aliphatic rings. The fourth-order valence-corrected chi connectivity index (χ4v) is 4.39. The average molecular weight is 335 g/mol. The molecule has 3 unspecified atom stereocenters. The van der Waals surface area contributed by atoms with E-state index >= 15 is 0 Å². The van der Waals surface area contributed by atoms with E-state index < -0.39 is 6.10 Å². The summed E-state index contributed by atoms with van der Waals surface area (Å²) in [6, 6.07) is 9.89. The average Bonchev–Trinajstić information content (AvgIpc) is 2.61. The van der Waals surface area contributed by atoms with Crippen LogP contribution in [0.3, 0.4) is 0 Å². The summed E-state index contributed by atoms with van der Waals surface area (Å²) in [5.74, 6) is 1.18. The van der Waals surface area contributed by atoms with Crippen molar-refractivity contribution in [3.8, 4) is 0 Å². The van der Waals surface area contributed by atoms with Gasteiger partial charge in [-0.3, -0.25) is 4.79 Å². The number of rotatable bonds is 5. The monoisotopic (exact) mass is 335 g/mol. The number of hydrogen-bond acceptors (Lipinski definition) is 4. The number of carbonyl (C=O) groups excluding carboxylic acids is 1. The first kappa shape index (κ1) is 16.8. The highest BCUT2D eigenvalue weighted by atomic mass is 32.2. The van der Waals surface area contributed by atoms with Crippen LogP contribution in [0, 0.1) is 0 Å². The molecule has 1 saturated heterocycles. The fourth-order valence-electron chi connectivity index (χ4n) is 3.52. The zero-order chi connectivity index (χ0) is 16.1. The second kappa shape index (κ2) is 8.18. The maximum absolute atomic E-state index is 12.5. The predicted molar refractivity (Wildman–Crippen MR) is 92.4 cm³/mol. The first-order valence-corrected chi connectivity index (χ1v) is 9.63.